The summed E-state index contributed by atoms with van der Waals surface area (Å²) < 4.78 is 6.41. The van der Waals surface area contributed by atoms with Gasteiger partial charge in [-0.2, -0.15) is 5.10 Å². The Morgan fingerprint density at radius 2 is 2.11 bits per heavy atom. The maximum Gasteiger partial charge on any atom is 0.354 e. The molecule has 144 valence electrons. The lowest BCUT2D eigenvalue weighted by Gasteiger charge is -2.12. The lowest BCUT2D eigenvalue weighted by molar-refractivity contribution is -0.116. The van der Waals surface area contributed by atoms with Gasteiger partial charge < -0.3 is 15.2 Å². The van der Waals surface area contributed by atoms with Crippen LogP contribution in [0.2, 0.25) is 0 Å². The first-order chi connectivity index (χ1) is 13.0. The van der Waals surface area contributed by atoms with E-state index in [9.17, 15) is 14.4 Å². The first-order valence-corrected chi connectivity index (χ1v) is 9.69. The van der Waals surface area contributed by atoms with Crippen LogP contribution in [0.15, 0.2) is 12.3 Å². The number of esters is 1. The molecule has 0 atom stereocenters. The van der Waals surface area contributed by atoms with E-state index in [-0.39, 0.29) is 12.2 Å². The van der Waals surface area contributed by atoms with Crippen LogP contribution in [0, 0.1) is 0 Å². The minimum atomic E-state index is -1.16. The quantitative estimate of drug-likeness (QED) is 0.702. The molecular weight excluding hydrogens is 370 g/mol. The van der Waals surface area contributed by atoms with Crippen molar-refractivity contribution in [3.63, 3.8) is 0 Å². The Bertz CT molecular complexity index is 870. The highest BCUT2D eigenvalue weighted by Crippen LogP contribution is 2.38. The van der Waals surface area contributed by atoms with Crippen molar-refractivity contribution in [1.29, 1.82) is 0 Å². The van der Waals surface area contributed by atoms with Gasteiger partial charge in [-0.15, -0.1) is 11.3 Å². The molecule has 0 radical (unpaired) electrons. The van der Waals surface area contributed by atoms with Crippen LogP contribution >= 0.6 is 11.3 Å². The third-order valence-corrected chi connectivity index (χ3v) is 5.50. The molecule has 8 nitrogen and oxygen atoms in total. The molecule has 0 aliphatic heterocycles. The Morgan fingerprint density at radius 3 is 2.85 bits per heavy atom. The van der Waals surface area contributed by atoms with Crippen LogP contribution in [0.1, 0.15) is 57.5 Å². The van der Waals surface area contributed by atoms with Crippen molar-refractivity contribution in [3.05, 3.63) is 34.0 Å². The summed E-state index contributed by atoms with van der Waals surface area (Å²) in [5.74, 6) is -2.02. The number of aromatic carboxylic acids is 1. The topological polar surface area (TPSA) is 111 Å². The number of carbonyl (C=O) groups excluding carboxylic acids is 2. The summed E-state index contributed by atoms with van der Waals surface area (Å²) >= 11 is 1.40. The van der Waals surface area contributed by atoms with Crippen LogP contribution in [0.5, 0.6) is 0 Å². The van der Waals surface area contributed by atoms with Crippen LogP contribution in [-0.2, 0) is 28.9 Å². The van der Waals surface area contributed by atoms with Crippen molar-refractivity contribution < 1.29 is 24.2 Å². The van der Waals surface area contributed by atoms with Crippen LogP contribution < -0.4 is 5.32 Å². The van der Waals surface area contributed by atoms with E-state index in [2.05, 4.69) is 10.4 Å². The van der Waals surface area contributed by atoms with E-state index in [0.717, 1.165) is 47.2 Å². The molecule has 2 heterocycles. The summed E-state index contributed by atoms with van der Waals surface area (Å²) in [6, 6.07) is 1.33. The van der Waals surface area contributed by atoms with Crippen molar-refractivity contribution in [1.82, 2.24) is 9.78 Å². The van der Waals surface area contributed by atoms with Crippen molar-refractivity contribution in [2.75, 3.05) is 11.9 Å². The SMILES string of the molecule is CCCOC(=O)c1c(NC(=O)Cn2nccc2C(=O)O)sc2c1CCCC2. The predicted octanol–water partition coefficient (Wildman–Crippen LogP) is 2.73. The van der Waals surface area contributed by atoms with Crippen molar-refractivity contribution in [2.24, 2.45) is 0 Å². The minimum absolute atomic E-state index is 0.0711. The molecule has 0 saturated heterocycles. The van der Waals surface area contributed by atoms with Crippen LogP contribution in [0.3, 0.4) is 0 Å². The maximum absolute atomic E-state index is 12.5. The number of rotatable bonds is 7. The highest BCUT2D eigenvalue weighted by atomic mass is 32.1. The average Bonchev–Trinajstić information content (AvgIpc) is 3.23. The van der Waals surface area contributed by atoms with Gasteiger partial charge in [0, 0.05) is 11.1 Å². The fraction of sp³-hybridized carbons (Fsp3) is 0.444. The number of aromatic nitrogens is 2. The first kappa shape index (κ1) is 19.1. The number of aryl methyl sites for hydroxylation is 1. The summed E-state index contributed by atoms with van der Waals surface area (Å²) in [5, 5.41) is 16.2. The van der Waals surface area contributed by atoms with Crippen LogP contribution in [-0.4, -0.2) is 39.3 Å². The molecule has 3 rings (SSSR count). The number of amides is 1. The Labute approximate surface area is 160 Å². The van der Waals surface area contributed by atoms with Gasteiger partial charge in [0.15, 0.2) is 0 Å². The highest BCUT2D eigenvalue weighted by Gasteiger charge is 2.27. The zero-order chi connectivity index (χ0) is 19.4. The Morgan fingerprint density at radius 1 is 1.33 bits per heavy atom. The molecule has 27 heavy (non-hydrogen) atoms. The molecule has 1 aliphatic rings. The number of nitrogens with one attached hydrogen (secondary N) is 1. The van der Waals surface area contributed by atoms with E-state index >= 15 is 0 Å². The summed E-state index contributed by atoms with van der Waals surface area (Å²) in [6.07, 6.45) is 5.78. The number of thiophene rings is 1. The summed E-state index contributed by atoms with van der Waals surface area (Å²) in [4.78, 5) is 37.2. The van der Waals surface area contributed by atoms with Gasteiger partial charge in [-0.05, 0) is 43.7 Å². The molecule has 1 amide bonds. The highest BCUT2D eigenvalue weighted by molar-refractivity contribution is 7.17. The van der Waals surface area contributed by atoms with E-state index in [1.807, 2.05) is 6.92 Å². The third-order valence-electron chi connectivity index (χ3n) is 4.29. The lowest BCUT2D eigenvalue weighted by atomic mass is 9.95. The molecule has 2 N–H and O–H groups in total. The summed E-state index contributed by atoms with van der Waals surface area (Å²) in [7, 11) is 0. The number of carboxylic acid groups (broad SMARTS) is 1. The molecule has 0 aromatic carbocycles. The number of fused-ring (bicyclic) bond motifs is 1. The third kappa shape index (κ3) is 4.19. The normalized spacial score (nSPS) is 13.1. The molecule has 9 heteroatoms. The Balaban J connectivity index is 1.82. The molecule has 0 saturated carbocycles. The second kappa shape index (κ2) is 8.34. The van der Waals surface area contributed by atoms with Crippen molar-refractivity contribution in [3.8, 4) is 0 Å². The Hall–Kier alpha value is -2.68. The number of carbonyl (C=O) groups is 3. The molecule has 0 fully saturated rings. The number of nitrogens with zero attached hydrogens (tertiary/aromatic N) is 2. The summed E-state index contributed by atoms with van der Waals surface area (Å²) in [6.45, 7) is 2.00. The van der Waals surface area contributed by atoms with Crippen molar-refractivity contribution >= 4 is 34.2 Å². The van der Waals surface area contributed by atoms with E-state index in [1.54, 1.807) is 0 Å². The van der Waals surface area contributed by atoms with Gasteiger partial charge in [0.1, 0.15) is 17.2 Å². The number of anilines is 1. The van der Waals surface area contributed by atoms with Gasteiger partial charge in [-0.1, -0.05) is 6.92 Å². The van der Waals surface area contributed by atoms with Crippen LogP contribution in [0.25, 0.3) is 0 Å². The predicted molar refractivity (Wildman–Crippen MR) is 99.4 cm³/mol. The Kier molecular flexibility index (Phi) is 5.90. The van der Waals surface area contributed by atoms with Crippen molar-refractivity contribution in [2.45, 2.75) is 45.6 Å². The van der Waals surface area contributed by atoms with E-state index in [4.69, 9.17) is 9.84 Å². The maximum atomic E-state index is 12.5. The first-order valence-electron chi connectivity index (χ1n) is 8.87. The van der Waals surface area contributed by atoms with E-state index in [0.29, 0.717) is 17.2 Å². The van der Waals surface area contributed by atoms with E-state index in [1.165, 1.54) is 23.6 Å². The van der Waals surface area contributed by atoms with Gasteiger partial charge in [0.05, 0.1) is 12.2 Å². The minimum Gasteiger partial charge on any atom is -0.477 e. The standard InChI is InChI=1S/C18H21N3O5S/c1-2-9-26-18(25)15-11-5-3-4-6-13(11)27-16(15)20-14(22)10-21-12(17(23)24)7-8-19-21/h7-8H,2-6,9-10H2,1H3,(H,20,22)(H,23,24). The fourth-order valence-corrected chi connectivity index (χ4v) is 4.37. The largest absolute Gasteiger partial charge is 0.477 e. The zero-order valence-corrected chi connectivity index (χ0v) is 15.8. The van der Waals surface area contributed by atoms with Gasteiger partial charge in [-0.25, -0.2) is 14.3 Å². The smallest absolute Gasteiger partial charge is 0.354 e. The second-order valence-electron chi connectivity index (χ2n) is 6.28. The van der Waals surface area contributed by atoms with Crippen LogP contribution in [0.4, 0.5) is 5.00 Å². The molecule has 1 aliphatic carbocycles. The number of carboxylic acids is 1. The summed E-state index contributed by atoms with van der Waals surface area (Å²) in [5.41, 5.74) is 1.33. The number of hydrogen-bond acceptors (Lipinski definition) is 6. The number of ether oxygens (including phenoxy) is 1. The van der Waals surface area contributed by atoms with Gasteiger partial charge >= 0.3 is 11.9 Å². The van der Waals surface area contributed by atoms with E-state index < -0.39 is 17.8 Å². The fourth-order valence-electron chi connectivity index (χ4n) is 3.08. The second-order valence-corrected chi connectivity index (χ2v) is 7.38. The average molecular weight is 391 g/mol. The van der Waals surface area contributed by atoms with Gasteiger partial charge in [0.25, 0.3) is 0 Å². The van der Waals surface area contributed by atoms with Gasteiger partial charge in [-0.3, -0.25) is 4.79 Å². The van der Waals surface area contributed by atoms with Gasteiger partial charge in [0.2, 0.25) is 5.91 Å². The molecule has 0 bridgehead atoms. The number of hydrogen-bond donors (Lipinski definition) is 2. The molecular formula is C18H21N3O5S. The lowest BCUT2D eigenvalue weighted by Crippen LogP contribution is -2.23. The molecule has 0 unspecified atom stereocenters. The molecule has 0 spiro atoms. The molecule has 2 aromatic rings. The zero-order valence-electron chi connectivity index (χ0n) is 15.0. The monoisotopic (exact) mass is 391 g/mol. The molecule has 2 aromatic heterocycles.